The topological polar surface area (TPSA) is 67.6 Å². The number of H-pyrrole nitrogens is 1. The van der Waals surface area contributed by atoms with Crippen molar-refractivity contribution in [2.45, 2.75) is 13.0 Å². The lowest BCUT2D eigenvalue weighted by Gasteiger charge is -1.96. The molecule has 0 aliphatic carbocycles. The Bertz CT molecular complexity index is 366. The fourth-order valence-corrected chi connectivity index (χ4v) is 1.08. The molecule has 0 radical (unpaired) electrons. The highest BCUT2D eigenvalue weighted by Gasteiger charge is 2.05. The zero-order valence-corrected chi connectivity index (χ0v) is 9.23. The van der Waals surface area contributed by atoms with Gasteiger partial charge in [0.05, 0.1) is 11.6 Å². The molecule has 2 heterocycles. The third-order valence-corrected chi connectivity index (χ3v) is 1.71. The Morgan fingerprint density at radius 2 is 2.14 bits per heavy atom. The van der Waals surface area contributed by atoms with Crippen LogP contribution in [0.2, 0.25) is 0 Å². The lowest BCUT2D eigenvalue weighted by Crippen LogP contribution is -2.06. The van der Waals surface area contributed by atoms with E-state index in [1.807, 2.05) is 19.1 Å². The summed E-state index contributed by atoms with van der Waals surface area (Å²) in [6.07, 6.45) is 1.72. The van der Waals surface area contributed by atoms with Gasteiger partial charge >= 0.3 is 0 Å². The molecule has 6 heteroatoms. The molecule has 4 nitrogen and oxygen atoms in total. The molecule has 1 unspecified atom stereocenters. The number of imidazole rings is 1. The Balaban J connectivity index is 0.000000845. The number of hydrogen-bond acceptors (Lipinski definition) is 3. The average Bonchev–Trinajstić information content (AvgIpc) is 2.46. The molecule has 2 rings (SSSR count). The van der Waals surface area contributed by atoms with Crippen LogP contribution < -0.4 is 5.73 Å². The van der Waals surface area contributed by atoms with Crippen molar-refractivity contribution in [1.29, 1.82) is 0 Å². The molecule has 78 valence electrons. The summed E-state index contributed by atoms with van der Waals surface area (Å²) >= 11 is 0. The molecule has 0 amide bonds. The summed E-state index contributed by atoms with van der Waals surface area (Å²) in [5, 5.41) is 0. The van der Waals surface area contributed by atoms with Gasteiger partial charge in [0, 0.05) is 6.20 Å². The van der Waals surface area contributed by atoms with E-state index >= 15 is 0 Å². The van der Waals surface area contributed by atoms with Gasteiger partial charge in [0.25, 0.3) is 0 Å². The molecule has 1 atom stereocenters. The fraction of sp³-hybridized carbons (Fsp3) is 0.250. The summed E-state index contributed by atoms with van der Waals surface area (Å²) in [6.45, 7) is 1.89. The third-order valence-electron chi connectivity index (χ3n) is 1.71. The Morgan fingerprint density at radius 3 is 2.71 bits per heavy atom. The lowest BCUT2D eigenvalue weighted by molar-refractivity contribution is 0.759. The minimum Gasteiger partial charge on any atom is -0.339 e. The second-order valence-electron chi connectivity index (χ2n) is 2.79. The molecular formula is C8H12Cl2N4. The monoisotopic (exact) mass is 234 g/mol. The molecule has 0 saturated carbocycles. The first-order chi connectivity index (χ1) is 5.77. The standard InChI is InChI=1S/C8H10N4.2ClH/c1-5(9)7-11-6-3-2-4-10-8(6)12-7;;/h2-5H,9H2,1H3,(H,10,11,12);2*1H. The number of fused-ring (bicyclic) bond motifs is 1. The van der Waals surface area contributed by atoms with Gasteiger partial charge in [-0.05, 0) is 19.1 Å². The molecule has 0 aliphatic rings. The molecule has 3 N–H and O–H groups in total. The lowest BCUT2D eigenvalue weighted by atomic mass is 10.3. The summed E-state index contributed by atoms with van der Waals surface area (Å²) in [4.78, 5) is 11.4. The second-order valence-corrected chi connectivity index (χ2v) is 2.79. The van der Waals surface area contributed by atoms with Gasteiger partial charge in [-0.2, -0.15) is 0 Å². The number of pyridine rings is 1. The van der Waals surface area contributed by atoms with Gasteiger partial charge < -0.3 is 10.7 Å². The summed E-state index contributed by atoms with van der Waals surface area (Å²) in [7, 11) is 0. The average molecular weight is 235 g/mol. The molecule has 0 bridgehead atoms. The zero-order valence-electron chi connectivity index (χ0n) is 7.60. The molecule has 0 aliphatic heterocycles. The van der Waals surface area contributed by atoms with Crippen molar-refractivity contribution in [1.82, 2.24) is 15.0 Å². The minimum absolute atomic E-state index is 0. The van der Waals surface area contributed by atoms with Crippen molar-refractivity contribution < 1.29 is 0 Å². The molecule has 2 aromatic heterocycles. The van der Waals surface area contributed by atoms with Crippen LogP contribution in [0, 0.1) is 0 Å². The maximum absolute atomic E-state index is 5.66. The highest BCUT2D eigenvalue weighted by molar-refractivity contribution is 5.85. The van der Waals surface area contributed by atoms with Gasteiger partial charge in [0.2, 0.25) is 0 Å². The molecule has 14 heavy (non-hydrogen) atoms. The highest BCUT2D eigenvalue weighted by atomic mass is 35.5. The molecule has 2 aromatic rings. The number of nitrogens with zero attached hydrogens (tertiary/aromatic N) is 2. The van der Waals surface area contributed by atoms with Crippen LogP contribution in [-0.4, -0.2) is 15.0 Å². The number of hydrogen-bond donors (Lipinski definition) is 2. The summed E-state index contributed by atoms with van der Waals surface area (Å²) in [5.41, 5.74) is 7.32. The maximum atomic E-state index is 5.66. The first kappa shape index (κ1) is 13.2. The quantitative estimate of drug-likeness (QED) is 0.792. The van der Waals surface area contributed by atoms with E-state index in [1.165, 1.54) is 0 Å². The van der Waals surface area contributed by atoms with Gasteiger partial charge in [-0.25, -0.2) is 9.97 Å². The van der Waals surface area contributed by atoms with Crippen LogP contribution in [0.3, 0.4) is 0 Å². The predicted molar refractivity (Wildman–Crippen MR) is 61.0 cm³/mol. The number of nitrogens with one attached hydrogen (secondary N) is 1. The van der Waals surface area contributed by atoms with Gasteiger partial charge in [-0.1, -0.05) is 0 Å². The maximum Gasteiger partial charge on any atom is 0.177 e. The van der Waals surface area contributed by atoms with E-state index in [9.17, 15) is 0 Å². The van der Waals surface area contributed by atoms with Crippen LogP contribution in [0.25, 0.3) is 11.2 Å². The largest absolute Gasteiger partial charge is 0.339 e. The van der Waals surface area contributed by atoms with Crippen LogP contribution in [0.5, 0.6) is 0 Å². The van der Waals surface area contributed by atoms with Crippen LogP contribution in [0.1, 0.15) is 18.8 Å². The third kappa shape index (κ3) is 2.35. The summed E-state index contributed by atoms with van der Waals surface area (Å²) in [6, 6.07) is 3.73. The summed E-state index contributed by atoms with van der Waals surface area (Å²) < 4.78 is 0. The number of aromatic nitrogens is 3. The van der Waals surface area contributed by atoms with Gasteiger partial charge in [-0.15, -0.1) is 24.8 Å². The molecular weight excluding hydrogens is 223 g/mol. The number of nitrogens with two attached hydrogens (primary N) is 1. The number of halogens is 2. The Hall–Kier alpha value is -0.840. The zero-order chi connectivity index (χ0) is 8.55. The van der Waals surface area contributed by atoms with E-state index < -0.39 is 0 Å². The van der Waals surface area contributed by atoms with Crippen molar-refractivity contribution in [2.24, 2.45) is 5.73 Å². The second kappa shape index (κ2) is 5.14. The first-order valence-electron chi connectivity index (χ1n) is 3.83. The number of rotatable bonds is 1. The van der Waals surface area contributed by atoms with Gasteiger partial charge in [0.15, 0.2) is 5.65 Å². The van der Waals surface area contributed by atoms with E-state index in [4.69, 9.17) is 5.73 Å². The van der Waals surface area contributed by atoms with Crippen LogP contribution >= 0.6 is 24.8 Å². The fourth-order valence-electron chi connectivity index (χ4n) is 1.08. The Morgan fingerprint density at radius 1 is 1.43 bits per heavy atom. The van der Waals surface area contributed by atoms with Crippen molar-refractivity contribution in [3.8, 4) is 0 Å². The van der Waals surface area contributed by atoms with Crippen LogP contribution in [-0.2, 0) is 0 Å². The van der Waals surface area contributed by atoms with E-state index in [2.05, 4.69) is 15.0 Å². The van der Waals surface area contributed by atoms with E-state index in [1.54, 1.807) is 6.20 Å². The number of aromatic amines is 1. The van der Waals surface area contributed by atoms with E-state index in [0.29, 0.717) is 0 Å². The summed E-state index contributed by atoms with van der Waals surface area (Å²) in [5.74, 6) is 0.781. The van der Waals surface area contributed by atoms with Gasteiger partial charge in [-0.3, -0.25) is 0 Å². The van der Waals surface area contributed by atoms with E-state index in [-0.39, 0.29) is 30.9 Å². The Labute approximate surface area is 94.1 Å². The van der Waals surface area contributed by atoms with Crippen molar-refractivity contribution in [2.75, 3.05) is 0 Å². The van der Waals surface area contributed by atoms with Crippen molar-refractivity contribution >= 4 is 36.0 Å². The predicted octanol–water partition coefficient (Wildman–Crippen LogP) is 1.82. The van der Waals surface area contributed by atoms with Crippen molar-refractivity contribution in [3.05, 3.63) is 24.2 Å². The van der Waals surface area contributed by atoms with Crippen molar-refractivity contribution in [3.63, 3.8) is 0 Å². The highest BCUT2D eigenvalue weighted by Crippen LogP contribution is 2.11. The first-order valence-corrected chi connectivity index (χ1v) is 3.83. The molecule has 0 spiro atoms. The van der Waals surface area contributed by atoms with E-state index in [0.717, 1.165) is 17.0 Å². The van der Waals surface area contributed by atoms with Crippen LogP contribution in [0.15, 0.2) is 18.3 Å². The molecule has 0 fully saturated rings. The molecule has 0 aromatic carbocycles. The Kier molecular flexibility index (Phi) is 4.83. The minimum atomic E-state index is -0.0702. The normalized spacial score (nSPS) is 11.6. The smallest absolute Gasteiger partial charge is 0.177 e. The SMILES string of the molecule is CC(N)c1nc2ncccc2[nH]1.Cl.Cl. The molecule has 0 saturated heterocycles. The van der Waals surface area contributed by atoms with Gasteiger partial charge in [0.1, 0.15) is 5.82 Å². The van der Waals surface area contributed by atoms with Crippen LogP contribution in [0.4, 0.5) is 0 Å².